The first-order valence-corrected chi connectivity index (χ1v) is 10.0. The number of carbonyl (C=O) groups excluding carboxylic acids is 1. The Morgan fingerprint density at radius 1 is 0.581 bits per heavy atom. The van der Waals surface area contributed by atoms with Crippen LogP contribution < -0.4 is 9.47 Å². The molecule has 0 saturated carbocycles. The second kappa shape index (κ2) is 10.1. The van der Waals surface area contributed by atoms with Gasteiger partial charge in [0.2, 0.25) is 0 Å². The van der Waals surface area contributed by atoms with Crippen molar-refractivity contribution in [3.8, 4) is 17.2 Å². The fourth-order valence-electron chi connectivity index (χ4n) is 3.00. The van der Waals surface area contributed by atoms with E-state index in [4.69, 9.17) is 14.2 Å². The van der Waals surface area contributed by atoms with Crippen LogP contribution in [0.3, 0.4) is 0 Å². The SMILES string of the molecule is O=C(OCc1ccccc1)c1ccccc1Oc1ccc(OCc2ccccc2)cc1. The van der Waals surface area contributed by atoms with Gasteiger partial charge in [-0.25, -0.2) is 4.79 Å². The Labute approximate surface area is 181 Å². The maximum atomic E-state index is 12.6. The topological polar surface area (TPSA) is 44.8 Å². The van der Waals surface area contributed by atoms with Gasteiger partial charge in [-0.2, -0.15) is 0 Å². The molecule has 4 aromatic rings. The lowest BCUT2D eigenvalue weighted by Crippen LogP contribution is -2.07. The van der Waals surface area contributed by atoms with Crippen LogP contribution in [0.5, 0.6) is 17.2 Å². The van der Waals surface area contributed by atoms with E-state index in [-0.39, 0.29) is 6.61 Å². The molecule has 0 radical (unpaired) electrons. The largest absolute Gasteiger partial charge is 0.489 e. The zero-order chi connectivity index (χ0) is 21.3. The standard InChI is InChI=1S/C27H22O4/c28-27(30-20-22-11-5-2-6-12-22)25-13-7-8-14-26(25)31-24-17-15-23(16-18-24)29-19-21-9-3-1-4-10-21/h1-18H,19-20H2. The molecule has 4 rings (SSSR count). The van der Waals surface area contributed by atoms with Crippen molar-refractivity contribution in [1.29, 1.82) is 0 Å². The molecule has 0 atom stereocenters. The van der Waals surface area contributed by atoms with E-state index in [1.807, 2.05) is 91.0 Å². The van der Waals surface area contributed by atoms with Gasteiger partial charge in [0, 0.05) is 0 Å². The average molecular weight is 410 g/mol. The molecular weight excluding hydrogens is 388 g/mol. The van der Waals surface area contributed by atoms with Crippen LogP contribution in [0.15, 0.2) is 109 Å². The van der Waals surface area contributed by atoms with E-state index in [0.29, 0.717) is 23.7 Å². The lowest BCUT2D eigenvalue weighted by Gasteiger charge is -2.12. The van der Waals surface area contributed by atoms with Gasteiger partial charge in [-0.15, -0.1) is 0 Å². The van der Waals surface area contributed by atoms with E-state index in [1.165, 1.54) is 0 Å². The molecule has 0 aliphatic rings. The molecule has 0 bridgehead atoms. The van der Waals surface area contributed by atoms with Gasteiger partial charge in [0.1, 0.15) is 36.0 Å². The van der Waals surface area contributed by atoms with Crippen LogP contribution in [-0.4, -0.2) is 5.97 Å². The van der Waals surface area contributed by atoms with Crippen LogP contribution in [0.4, 0.5) is 0 Å². The molecule has 0 aromatic heterocycles. The average Bonchev–Trinajstić information content (AvgIpc) is 2.84. The Balaban J connectivity index is 1.38. The van der Waals surface area contributed by atoms with E-state index >= 15 is 0 Å². The Morgan fingerprint density at radius 3 is 1.81 bits per heavy atom. The van der Waals surface area contributed by atoms with Gasteiger partial charge in [0.15, 0.2) is 0 Å². The van der Waals surface area contributed by atoms with Crippen molar-refractivity contribution >= 4 is 5.97 Å². The number of hydrogen-bond donors (Lipinski definition) is 0. The summed E-state index contributed by atoms with van der Waals surface area (Å²) in [6.45, 7) is 0.707. The number of para-hydroxylation sites is 1. The molecule has 4 nitrogen and oxygen atoms in total. The number of esters is 1. The van der Waals surface area contributed by atoms with Crippen molar-refractivity contribution in [2.24, 2.45) is 0 Å². The van der Waals surface area contributed by atoms with Gasteiger partial charge in [0.25, 0.3) is 0 Å². The zero-order valence-corrected chi connectivity index (χ0v) is 16.9. The normalized spacial score (nSPS) is 10.3. The van der Waals surface area contributed by atoms with Crippen molar-refractivity contribution in [2.75, 3.05) is 0 Å². The fraction of sp³-hybridized carbons (Fsp3) is 0.0741. The predicted octanol–water partition coefficient (Wildman–Crippen LogP) is 6.41. The van der Waals surface area contributed by atoms with E-state index in [0.717, 1.165) is 16.9 Å². The summed E-state index contributed by atoms with van der Waals surface area (Å²) in [6, 6.07) is 33.9. The van der Waals surface area contributed by atoms with Crippen LogP contribution in [0.2, 0.25) is 0 Å². The Bertz CT molecular complexity index is 1110. The molecule has 0 unspecified atom stereocenters. The molecule has 0 amide bonds. The van der Waals surface area contributed by atoms with E-state index in [1.54, 1.807) is 18.2 Å². The maximum absolute atomic E-state index is 12.6. The van der Waals surface area contributed by atoms with Crippen molar-refractivity contribution < 1.29 is 19.0 Å². The van der Waals surface area contributed by atoms with E-state index < -0.39 is 5.97 Å². The molecule has 0 N–H and O–H groups in total. The second-order valence-electron chi connectivity index (χ2n) is 6.91. The van der Waals surface area contributed by atoms with E-state index in [9.17, 15) is 4.79 Å². The van der Waals surface area contributed by atoms with Gasteiger partial charge in [-0.05, 0) is 47.5 Å². The van der Waals surface area contributed by atoms with Crippen molar-refractivity contribution in [1.82, 2.24) is 0 Å². The van der Waals surface area contributed by atoms with Crippen LogP contribution in [-0.2, 0) is 18.0 Å². The second-order valence-corrected chi connectivity index (χ2v) is 6.91. The summed E-state index contributed by atoms with van der Waals surface area (Å²) >= 11 is 0. The third-order valence-electron chi connectivity index (χ3n) is 4.62. The molecule has 0 saturated heterocycles. The molecule has 0 aliphatic heterocycles. The number of hydrogen-bond acceptors (Lipinski definition) is 4. The van der Waals surface area contributed by atoms with Crippen molar-refractivity contribution in [3.63, 3.8) is 0 Å². The van der Waals surface area contributed by atoms with Gasteiger partial charge >= 0.3 is 5.97 Å². The van der Waals surface area contributed by atoms with Gasteiger partial charge < -0.3 is 14.2 Å². The minimum atomic E-state index is -0.428. The highest BCUT2D eigenvalue weighted by molar-refractivity contribution is 5.92. The molecule has 4 aromatic carbocycles. The molecule has 154 valence electrons. The number of benzene rings is 4. The number of carbonyl (C=O) groups is 1. The lowest BCUT2D eigenvalue weighted by molar-refractivity contribution is 0.0470. The van der Waals surface area contributed by atoms with Crippen molar-refractivity contribution in [2.45, 2.75) is 13.2 Å². The lowest BCUT2D eigenvalue weighted by atomic mass is 10.2. The summed E-state index contributed by atoms with van der Waals surface area (Å²) in [7, 11) is 0. The number of ether oxygens (including phenoxy) is 3. The summed E-state index contributed by atoms with van der Waals surface area (Å²) in [5.74, 6) is 1.36. The van der Waals surface area contributed by atoms with Crippen LogP contribution in [0.1, 0.15) is 21.5 Å². The summed E-state index contributed by atoms with van der Waals surface area (Å²) in [6.07, 6.45) is 0. The highest BCUT2D eigenvalue weighted by atomic mass is 16.5. The molecule has 0 heterocycles. The Kier molecular flexibility index (Phi) is 6.61. The summed E-state index contributed by atoms with van der Waals surface area (Å²) < 4.78 is 17.2. The molecule has 4 heteroatoms. The van der Waals surface area contributed by atoms with Crippen molar-refractivity contribution in [3.05, 3.63) is 126 Å². The zero-order valence-electron chi connectivity index (χ0n) is 16.9. The maximum Gasteiger partial charge on any atom is 0.342 e. The van der Waals surface area contributed by atoms with Gasteiger partial charge in [-0.1, -0.05) is 72.8 Å². The fourth-order valence-corrected chi connectivity index (χ4v) is 3.00. The molecule has 0 spiro atoms. The van der Waals surface area contributed by atoms with Crippen LogP contribution in [0.25, 0.3) is 0 Å². The highest BCUT2D eigenvalue weighted by Crippen LogP contribution is 2.28. The Hall–Kier alpha value is -4.05. The molecular formula is C27H22O4. The molecule has 0 aliphatic carbocycles. The minimum Gasteiger partial charge on any atom is -0.489 e. The summed E-state index contributed by atoms with van der Waals surface area (Å²) in [4.78, 5) is 12.6. The van der Waals surface area contributed by atoms with Gasteiger partial charge in [-0.3, -0.25) is 0 Å². The molecule has 31 heavy (non-hydrogen) atoms. The third kappa shape index (κ3) is 5.73. The van der Waals surface area contributed by atoms with E-state index in [2.05, 4.69) is 0 Å². The quantitative estimate of drug-likeness (QED) is 0.315. The first-order chi connectivity index (χ1) is 15.3. The molecule has 0 fully saturated rings. The minimum absolute atomic E-state index is 0.210. The summed E-state index contributed by atoms with van der Waals surface area (Å²) in [5.41, 5.74) is 2.41. The smallest absolute Gasteiger partial charge is 0.342 e. The first-order valence-electron chi connectivity index (χ1n) is 10.0. The number of rotatable bonds is 8. The van der Waals surface area contributed by atoms with Crippen LogP contribution in [0, 0.1) is 0 Å². The first kappa shape index (κ1) is 20.2. The highest BCUT2D eigenvalue weighted by Gasteiger charge is 2.14. The summed E-state index contributed by atoms with van der Waals surface area (Å²) in [5, 5.41) is 0. The predicted molar refractivity (Wildman–Crippen MR) is 119 cm³/mol. The third-order valence-corrected chi connectivity index (χ3v) is 4.62. The van der Waals surface area contributed by atoms with Crippen LogP contribution >= 0.6 is 0 Å². The monoisotopic (exact) mass is 410 g/mol. The van der Waals surface area contributed by atoms with Gasteiger partial charge in [0.05, 0.1) is 0 Å². The Morgan fingerprint density at radius 2 is 1.13 bits per heavy atom.